The Morgan fingerprint density at radius 3 is 3.04 bits per heavy atom. The predicted molar refractivity (Wildman–Crippen MR) is 98.7 cm³/mol. The zero-order valence-electron chi connectivity index (χ0n) is 14.2. The minimum absolute atomic E-state index is 0.205. The maximum absolute atomic E-state index is 9.84. The van der Waals surface area contributed by atoms with E-state index in [0.29, 0.717) is 11.7 Å². The number of phenols is 1. The highest BCUT2D eigenvalue weighted by atomic mass is 32.1. The first-order valence-electron chi connectivity index (χ1n) is 8.56. The van der Waals surface area contributed by atoms with E-state index >= 15 is 0 Å². The minimum Gasteiger partial charge on any atom is -0.504 e. The monoisotopic (exact) mass is 346 g/mol. The van der Waals surface area contributed by atoms with E-state index in [1.54, 1.807) is 13.2 Å². The minimum atomic E-state index is 0.205. The van der Waals surface area contributed by atoms with Gasteiger partial charge in [-0.3, -0.25) is 4.90 Å². The Morgan fingerprint density at radius 1 is 1.38 bits per heavy atom. The fourth-order valence-corrected chi connectivity index (χ4v) is 4.10. The summed E-state index contributed by atoms with van der Waals surface area (Å²) in [5.41, 5.74) is 1.08. The van der Waals surface area contributed by atoms with Crippen LogP contribution in [0.25, 0.3) is 0 Å². The van der Waals surface area contributed by atoms with Gasteiger partial charge >= 0.3 is 0 Å². The third-order valence-electron chi connectivity index (χ3n) is 4.57. The van der Waals surface area contributed by atoms with Gasteiger partial charge in [-0.15, -0.1) is 11.3 Å². The average molecular weight is 346 g/mol. The molecule has 0 amide bonds. The fourth-order valence-electron chi connectivity index (χ4n) is 3.35. The molecule has 2 heterocycles. The van der Waals surface area contributed by atoms with Crippen LogP contribution in [0.3, 0.4) is 0 Å². The van der Waals surface area contributed by atoms with Gasteiger partial charge in [0.05, 0.1) is 7.11 Å². The molecular formula is C19H26N2O2S. The van der Waals surface area contributed by atoms with Crippen molar-refractivity contribution >= 4 is 11.3 Å². The average Bonchev–Trinajstić information content (AvgIpc) is 3.08. The number of ether oxygens (including phenoxy) is 1. The molecule has 1 aromatic carbocycles. The zero-order valence-corrected chi connectivity index (χ0v) is 15.0. The van der Waals surface area contributed by atoms with E-state index in [-0.39, 0.29) is 5.75 Å². The predicted octanol–water partition coefficient (Wildman–Crippen LogP) is 3.46. The van der Waals surface area contributed by atoms with Crippen molar-refractivity contribution in [1.29, 1.82) is 0 Å². The number of rotatable bonds is 7. The lowest BCUT2D eigenvalue weighted by atomic mass is 9.98. The number of piperidine rings is 1. The molecular weight excluding hydrogens is 320 g/mol. The molecule has 2 N–H and O–H groups in total. The number of benzene rings is 1. The van der Waals surface area contributed by atoms with Crippen LogP contribution in [-0.2, 0) is 13.1 Å². The van der Waals surface area contributed by atoms with Crippen LogP contribution in [0.4, 0.5) is 0 Å². The Balaban J connectivity index is 1.43. The highest BCUT2D eigenvalue weighted by Gasteiger charge is 2.19. The number of methoxy groups -OCH3 is 1. The maximum Gasteiger partial charge on any atom is 0.160 e. The molecule has 0 unspecified atom stereocenters. The molecule has 0 aliphatic carbocycles. The van der Waals surface area contributed by atoms with Gasteiger partial charge in [0.1, 0.15) is 0 Å². The van der Waals surface area contributed by atoms with E-state index in [0.717, 1.165) is 25.2 Å². The van der Waals surface area contributed by atoms with Gasteiger partial charge < -0.3 is 15.2 Å². The van der Waals surface area contributed by atoms with Crippen molar-refractivity contribution in [2.75, 3.05) is 26.7 Å². The summed E-state index contributed by atoms with van der Waals surface area (Å²) in [6.07, 6.45) is 2.57. The largest absolute Gasteiger partial charge is 0.504 e. The van der Waals surface area contributed by atoms with Crippen LogP contribution < -0.4 is 10.1 Å². The highest BCUT2D eigenvalue weighted by Crippen LogP contribution is 2.26. The smallest absolute Gasteiger partial charge is 0.160 e. The van der Waals surface area contributed by atoms with Gasteiger partial charge in [-0.05, 0) is 61.0 Å². The van der Waals surface area contributed by atoms with E-state index in [4.69, 9.17) is 4.74 Å². The lowest BCUT2D eigenvalue weighted by molar-refractivity contribution is 0.166. The van der Waals surface area contributed by atoms with Gasteiger partial charge in [0.15, 0.2) is 11.5 Å². The Kier molecular flexibility index (Phi) is 6.12. The van der Waals surface area contributed by atoms with Crippen LogP contribution in [0, 0.1) is 5.92 Å². The number of phenolic OH excluding ortho intramolecular Hbond substituents is 1. The topological polar surface area (TPSA) is 44.7 Å². The molecule has 1 atom stereocenters. The van der Waals surface area contributed by atoms with Crippen molar-refractivity contribution in [3.8, 4) is 11.5 Å². The summed E-state index contributed by atoms with van der Waals surface area (Å²) in [7, 11) is 1.57. The third-order valence-corrected chi connectivity index (χ3v) is 5.43. The number of nitrogens with zero attached hydrogens (tertiary/aromatic N) is 1. The second-order valence-electron chi connectivity index (χ2n) is 6.46. The van der Waals surface area contributed by atoms with Crippen LogP contribution in [-0.4, -0.2) is 36.8 Å². The van der Waals surface area contributed by atoms with Crippen molar-refractivity contribution in [3.63, 3.8) is 0 Å². The summed E-state index contributed by atoms with van der Waals surface area (Å²) in [6.45, 7) is 5.26. The maximum atomic E-state index is 9.84. The van der Waals surface area contributed by atoms with Crippen LogP contribution >= 0.6 is 11.3 Å². The van der Waals surface area contributed by atoms with E-state index < -0.39 is 0 Å². The number of thiophene rings is 1. The van der Waals surface area contributed by atoms with Crippen molar-refractivity contribution in [1.82, 2.24) is 10.2 Å². The first-order chi connectivity index (χ1) is 11.7. The molecule has 5 heteroatoms. The summed E-state index contributed by atoms with van der Waals surface area (Å²) in [4.78, 5) is 4.03. The van der Waals surface area contributed by atoms with E-state index in [2.05, 4.69) is 27.7 Å². The third kappa shape index (κ3) is 4.72. The molecule has 24 heavy (non-hydrogen) atoms. The Bertz CT molecular complexity index is 630. The SMILES string of the molecule is COc1ccc(CNC[C@@H]2CCCN(Cc3cccs3)C2)cc1O. The second-order valence-corrected chi connectivity index (χ2v) is 7.49. The summed E-state index contributed by atoms with van der Waals surface area (Å²) < 4.78 is 5.08. The van der Waals surface area contributed by atoms with Crippen molar-refractivity contribution in [2.45, 2.75) is 25.9 Å². The second kappa shape index (κ2) is 8.51. The number of nitrogens with one attached hydrogen (secondary N) is 1. The Labute approximate surface area is 148 Å². The Hall–Kier alpha value is -1.56. The molecule has 1 fully saturated rings. The molecule has 0 saturated carbocycles. The molecule has 1 aromatic heterocycles. The van der Waals surface area contributed by atoms with Crippen molar-refractivity contribution in [3.05, 3.63) is 46.2 Å². The first kappa shape index (κ1) is 17.3. The molecule has 0 radical (unpaired) electrons. The molecule has 2 aromatic rings. The molecule has 0 spiro atoms. The summed E-state index contributed by atoms with van der Waals surface area (Å²) in [5.74, 6) is 1.43. The summed E-state index contributed by atoms with van der Waals surface area (Å²) in [6, 6.07) is 9.94. The number of hydrogen-bond donors (Lipinski definition) is 2. The van der Waals surface area contributed by atoms with E-state index in [9.17, 15) is 5.11 Å². The van der Waals surface area contributed by atoms with E-state index in [1.165, 1.54) is 30.8 Å². The van der Waals surface area contributed by atoms with Crippen LogP contribution in [0.5, 0.6) is 11.5 Å². The van der Waals surface area contributed by atoms with Crippen LogP contribution in [0.2, 0.25) is 0 Å². The van der Waals surface area contributed by atoms with Gasteiger partial charge in [-0.1, -0.05) is 12.1 Å². The van der Waals surface area contributed by atoms with Gasteiger partial charge in [-0.2, -0.15) is 0 Å². The quantitative estimate of drug-likeness (QED) is 0.806. The summed E-state index contributed by atoms with van der Waals surface area (Å²) in [5, 5.41) is 15.5. The highest BCUT2D eigenvalue weighted by molar-refractivity contribution is 7.09. The summed E-state index contributed by atoms with van der Waals surface area (Å²) >= 11 is 1.85. The van der Waals surface area contributed by atoms with Gasteiger partial charge in [0, 0.05) is 24.5 Å². The van der Waals surface area contributed by atoms with Crippen LogP contribution in [0.15, 0.2) is 35.7 Å². The van der Waals surface area contributed by atoms with Gasteiger partial charge in [0.25, 0.3) is 0 Å². The first-order valence-corrected chi connectivity index (χ1v) is 9.44. The van der Waals surface area contributed by atoms with E-state index in [1.807, 2.05) is 23.5 Å². The molecule has 1 aliphatic heterocycles. The molecule has 0 bridgehead atoms. The zero-order chi connectivity index (χ0) is 16.8. The molecule has 1 aliphatic rings. The van der Waals surface area contributed by atoms with Crippen LogP contribution in [0.1, 0.15) is 23.3 Å². The molecule has 130 valence electrons. The normalized spacial score (nSPS) is 18.6. The van der Waals surface area contributed by atoms with Crippen molar-refractivity contribution < 1.29 is 9.84 Å². The Morgan fingerprint density at radius 2 is 2.29 bits per heavy atom. The van der Waals surface area contributed by atoms with Crippen molar-refractivity contribution in [2.24, 2.45) is 5.92 Å². The lowest BCUT2D eigenvalue weighted by Gasteiger charge is -2.32. The molecule has 3 rings (SSSR count). The lowest BCUT2D eigenvalue weighted by Crippen LogP contribution is -2.38. The van der Waals surface area contributed by atoms with Gasteiger partial charge in [-0.25, -0.2) is 0 Å². The molecule has 4 nitrogen and oxygen atoms in total. The number of hydrogen-bond acceptors (Lipinski definition) is 5. The standard InChI is InChI=1S/C19H26N2O2S/c1-23-19-7-6-15(10-18(19)22)11-20-12-16-4-2-8-21(13-16)14-17-5-3-9-24-17/h3,5-7,9-10,16,20,22H,2,4,8,11-14H2,1H3/t16-/m0/s1. The molecule has 1 saturated heterocycles. The fraction of sp³-hybridized carbons (Fsp3) is 0.474. The number of likely N-dealkylation sites (tertiary alicyclic amines) is 1. The number of aromatic hydroxyl groups is 1. The van der Waals surface area contributed by atoms with Gasteiger partial charge in [0.2, 0.25) is 0 Å².